The zero-order chi connectivity index (χ0) is 19.3. The molecule has 0 unspecified atom stereocenters. The molecule has 4 aromatic rings. The van der Waals surface area contributed by atoms with Gasteiger partial charge < -0.3 is 10.3 Å². The third-order valence-corrected chi connectivity index (χ3v) is 4.51. The van der Waals surface area contributed by atoms with Crippen LogP contribution in [0.5, 0.6) is 0 Å². The summed E-state index contributed by atoms with van der Waals surface area (Å²) >= 11 is 0. The van der Waals surface area contributed by atoms with Gasteiger partial charge in [0.05, 0.1) is 6.42 Å². The number of amides is 1. The topological polar surface area (TPSA) is 57.8 Å². The van der Waals surface area contributed by atoms with Crippen molar-refractivity contribution in [3.8, 4) is 11.8 Å². The van der Waals surface area contributed by atoms with Crippen molar-refractivity contribution in [3.05, 3.63) is 95.4 Å². The fourth-order valence-electron chi connectivity index (χ4n) is 3.18. The van der Waals surface area contributed by atoms with E-state index in [2.05, 4.69) is 27.1 Å². The Kier molecular flexibility index (Phi) is 4.90. The molecule has 0 atom stereocenters. The van der Waals surface area contributed by atoms with Crippen molar-refractivity contribution in [2.45, 2.75) is 13.3 Å². The number of hydrogen-bond donors (Lipinski definition) is 2. The van der Waals surface area contributed by atoms with Gasteiger partial charge in [-0.2, -0.15) is 0 Å². The van der Waals surface area contributed by atoms with Gasteiger partial charge in [0.1, 0.15) is 5.69 Å². The highest BCUT2D eigenvalue weighted by Gasteiger charge is 2.12. The lowest BCUT2D eigenvalue weighted by molar-refractivity contribution is -0.115. The van der Waals surface area contributed by atoms with Gasteiger partial charge in [0, 0.05) is 34.0 Å². The molecule has 4 nitrogen and oxygen atoms in total. The molecular weight excluding hydrogens is 346 g/mol. The van der Waals surface area contributed by atoms with Crippen LogP contribution in [0, 0.1) is 18.8 Å². The fraction of sp³-hybridized carbons (Fsp3) is 0.0833. The van der Waals surface area contributed by atoms with E-state index in [0.717, 1.165) is 33.4 Å². The maximum Gasteiger partial charge on any atom is 0.228 e. The Balaban J connectivity index is 1.49. The van der Waals surface area contributed by atoms with Crippen molar-refractivity contribution in [1.82, 2.24) is 9.97 Å². The second kappa shape index (κ2) is 7.81. The zero-order valence-electron chi connectivity index (χ0n) is 15.5. The van der Waals surface area contributed by atoms with Crippen molar-refractivity contribution in [2.75, 3.05) is 5.32 Å². The SMILES string of the molecule is Cc1[nH]c2ccccc2c1CC(=O)Nc1cccc(C#Cc2ccccn2)c1. The van der Waals surface area contributed by atoms with E-state index in [9.17, 15) is 4.79 Å². The minimum absolute atomic E-state index is 0.0531. The van der Waals surface area contributed by atoms with Gasteiger partial charge in [-0.15, -0.1) is 0 Å². The molecule has 0 aliphatic rings. The molecule has 4 heteroatoms. The molecule has 4 rings (SSSR count). The summed E-state index contributed by atoms with van der Waals surface area (Å²) < 4.78 is 0. The first kappa shape index (κ1) is 17.6. The molecule has 0 saturated carbocycles. The standard InChI is InChI=1S/C24H19N3O/c1-17-22(21-10-2-3-11-23(21)26-17)16-24(28)27-20-9-6-7-18(15-20)12-13-19-8-4-5-14-25-19/h2-11,14-15,26H,16H2,1H3,(H,27,28). The maximum atomic E-state index is 12.6. The number of benzene rings is 2. The molecule has 2 aromatic carbocycles. The molecular formula is C24H19N3O. The maximum absolute atomic E-state index is 12.6. The van der Waals surface area contributed by atoms with Crippen molar-refractivity contribution < 1.29 is 4.79 Å². The lowest BCUT2D eigenvalue weighted by Gasteiger charge is -2.06. The summed E-state index contributed by atoms with van der Waals surface area (Å²) in [6.45, 7) is 2.00. The number of H-pyrrole nitrogens is 1. The highest BCUT2D eigenvalue weighted by atomic mass is 16.1. The summed E-state index contributed by atoms with van der Waals surface area (Å²) in [7, 11) is 0. The number of aryl methyl sites for hydroxylation is 1. The van der Waals surface area contributed by atoms with Crippen molar-refractivity contribution in [1.29, 1.82) is 0 Å². The molecule has 0 aliphatic carbocycles. The molecule has 0 spiro atoms. The molecule has 0 aliphatic heterocycles. The summed E-state index contributed by atoms with van der Waals surface area (Å²) in [4.78, 5) is 20.1. The number of aromatic amines is 1. The smallest absolute Gasteiger partial charge is 0.228 e. The molecule has 0 bridgehead atoms. The normalized spacial score (nSPS) is 10.3. The Labute approximate surface area is 163 Å². The number of para-hydroxylation sites is 1. The summed E-state index contributed by atoms with van der Waals surface area (Å²) in [6, 6.07) is 21.2. The molecule has 2 N–H and O–H groups in total. The second-order valence-electron chi connectivity index (χ2n) is 6.54. The van der Waals surface area contributed by atoms with Crippen LogP contribution in [0.15, 0.2) is 72.9 Å². The van der Waals surface area contributed by atoms with E-state index in [4.69, 9.17) is 0 Å². The average Bonchev–Trinajstić information content (AvgIpc) is 3.03. The van der Waals surface area contributed by atoms with Crippen LogP contribution in [-0.4, -0.2) is 15.9 Å². The Morgan fingerprint density at radius 2 is 1.89 bits per heavy atom. The van der Waals surface area contributed by atoms with Crippen LogP contribution in [0.4, 0.5) is 5.69 Å². The van der Waals surface area contributed by atoms with Crippen molar-refractivity contribution >= 4 is 22.5 Å². The number of aromatic nitrogens is 2. The van der Waals surface area contributed by atoms with Crippen molar-refractivity contribution in [3.63, 3.8) is 0 Å². The first-order chi connectivity index (χ1) is 13.7. The quantitative estimate of drug-likeness (QED) is 0.527. The van der Waals surface area contributed by atoms with Crippen LogP contribution in [0.1, 0.15) is 22.5 Å². The largest absolute Gasteiger partial charge is 0.358 e. The predicted molar refractivity (Wildman–Crippen MR) is 112 cm³/mol. The van der Waals surface area contributed by atoms with Crippen molar-refractivity contribution in [2.24, 2.45) is 0 Å². The highest BCUT2D eigenvalue weighted by Crippen LogP contribution is 2.22. The molecule has 2 heterocycles. The van der Waals surface area contributed by atoms with Gasteiger partial charge >= 0.3 is 0 Å². The van der Waals surface area contributed by atoms with Crippen LogP contribution >= 0.6 is 0 Å². The lowest BCUT2D eigenvalue weighted by Crippen LogP contribution is -2.14. The molecule has 28 heavy (non-hydrogen) atoms. The molecule has 0 fully saturated rings. The van der Waals surface area contributed by atoms with Crippen LogP contribution in [-0.2, 0) is 11.2 Å². The number of fused-ring (bicyclic) bond motifs is 1. The number of carbonyl (C=O) groups excluding carboxylic acids is 1. The van der Waals surface area contributed by atoms with E-state index in [1.54, 1.807) is 6.20 Å². The fourth-order valence-corrected chi connectivity index (χ4v) is 3.18. The van der Waals surface area contributed by atoms with Gasteiger partial charge in [-0.05, 0) is 54.8 Å². The zero-order valence-corrected chi connectivity index (χ0v) is 15.5. The minimum atomic E-state index is -0.0531. The molecule has 136 valence electrons. The summed E-state index contributed by atoms with van der Waals surface area (Å²) in [5, 5.41) is 4.06. The third kappa shape index (κ3) is 3.94. The Morgan fingerprint density at radius 1 is 1.04 bits per heavy atom. The molecule has 0 saturated heterocycles. The number of anilines is 1. The summed E-state index contributed by atoms with van der Waals surface area (Å²) in [6.07, 6.45) is 2.03. The molecule has 2 aromatic heterocycles. The van der Waals surface area contributed by atoms with Crippen LogP contribution < -0.4 is 5.32 Å². The number of nitrogens with one attached hydrogen (secondary N) is 2. The van der Waals surface area contributed by atoms with Gasteiger partial charge in [0.2, 0.25) is 5.91 Å². The van der Waals surface area contributed by atoms with Gasteiger partial charge in [0.25, 0.3) is 0 Å². The molecule has 1 amide bonds. The van der Waals surface area contributed by atoms with E-state index in [0.29, 0.717) is 12.1 Å². The van der Waals surface area contributed by atoms with Crippen LogP contribution in [0.3, 0.4) is 0 Å². The Bertz CT molecular complexity index is 1200. The summed E-state index contributed by atoms with van der Waals surface area (Å²) in [5.41, 5.74) is 5.37. The predicted octanol–water partition coefficient (Wildman–Crippen LogP) is 4.45. The summed E-state index contributed by atoms with van der Waals surface area (Å²) in [5.74, 6) is 6.06. The van der Waals surface area contributed by atoms with E-state index >= 15 is 0 Å². The highest BCUT2D eigenvalue weighted by molar-refractivity contribution is 5.96. The van der Waals surface area contributed by atoms with Crippen LogP contribution in [0.25, 0.3) is 10.9 Å². The Morgan fingerprint density at radius 3 is 2.75 bits per heavy atom. The number of hydrogen-bond acceptors (Lipinski definition) is 2. The Hall–Kier alpha value is -3.84. The van der Waals surface area contributed by atoms with Gasteiger partial charge in [-0.25, -0.2) is 4.98 Å². The second-order valence-corrected chi connectivity index (χ2v) is 6.54. The minimum Gasteiger partial charge on any atom is -0.358 e. The van der Waals surface area contributed by atoms with E-state index in [-0.39, 0.29) is 5.91 Å². The van der Waals surface area contributed by atoms with Crippen LogP contribution in [0.2, 0.25) is 0 Å². The monoisotopic (exact) mass is 365 g/mol. The van der Waals surface area contributed by atoms with Gasteiger partial charge in [0.15, 0.2) is 0 Å². The number of nitrogens with zero attached hydrogens (tertiary/aromatic N) is 1. The average molecular weight is 365 g/mol. The van der Waals surface area contributed by atoms with E-state index in [1.807, 2.05) is 73.7 Å². The van der Waals surface area contributed by atoms with Gasteiger partial charge in [-0.3, -0.25) is 4.79 Å². The first-order valence-corrected chi connectivity index (χ1v) is 9.08. The number of rotatable bonds is 3. The third-order valence-electron chi connectivity index (χ3n) is 4.51. The first-order valence-electron chi connectivity index (χ1n) is 9.08. The number of pyridine rings is 1. The number of carbonyl (C=O) groups is 1. The van der Waals surface area contributed by atoms with E-state index in [1.165, 1.54) is 0 Å². The van der Waals surface area contributed by atoms with E-state index < -0.39 is 0 Å². The molecule has 0 radical (unpaired) electrons. The lowest BCUT2D eigenvalue weighted by atomic mass is 10.1. The van der Waals surface area contributed by atoms with Gasteiger partial charge in [-0.1, -0.05) is 36.3 Å².